The zero-order chi connectivity index (χ0) is 29.6. The van der Waals surface area contributed by atoms with Crippen LogP contribution < -0.4 is 30.3 Å². The number of amides is 2. The Hall–Kier alpha value is -3.67. The number of benzene rings is 1. The summed E-state index contributed by atoms with van der Waals surface area (Å²) < 4.78 is 44.5. The number of aromatic nitrogens is 1. The summed E-state index contributed by atoms with van der Waals surface area (Å²) in [5.74, 6) is -1.32. The highest BCUT2D eigenvalue weighted by Crippen LogP contribution is 2.19. The molecule has 0 bridgehead atoms. The Morgan fingerprint density at radius 3 is 2.55 bits per heavy atom. The molecule has 0 aliphatic carbocycles. The number of nitriles is 1. The fraction of sp³-hybridized carbons (Fsp3) is 0.462. The Balaban J connectivity index is 1.82. The zero-order valence-electron chi connectivity index (χ0n) is 22.5. The second kappa shape index (κ2) is 13.1. The normalized spacial score (nSPS) is 19.1. The van der Waals surface area contributed by atoms with Gasteiger partial charge in [-0.2, -0.15) is 18.4 Å². The highest BCUT2D eigenvalue weighted by Gasteiger charge is 2.29. The van der Waals surface area contributed by atoms with Gasteiger partial charge in [-0.3, -0.25) is 23.9 Å². The van der Waals surface area contributed by atoms with Crippen LogP contribution in [0, 0.1) is 11.3 Å². The quantitative estimate of drug-likeness (QED) is 0.482. The first-order valence-corrected chi connectivity index (χ1v) is 13.3. The summed E-state index contributed by atoms with van der Waals surface area (Å²) in [6.07, 6.45) is -3.18. The first-order chi connectivity index (χ1) is 18.8. The van der Waals surface area contributed by atoms with E-state index in [9.17, 15) is 32.8 Å². The average molecular weight is 581 g/mol. The SMILES string of the molecule is CCn1c(=C(C#N)C(=O)NCC(F)(F)F)sc(=CNc2cccc(N(C)C(=O)CN3CC(C)OC(C)C3)c2)c1=O. The Kier molecular flexibility index (Phi) is 10.1. The van der Waals surface area contributed by atoms with E-state index in [-0.39, 0.29) is 40.4 Å². The Bertz CT molecular complexity index is 1450. The van der Waals surface area contributed by atoms with Crippen LogP contribution in [0.25, 0.3) is 11.8 Å². The molecule has 2 unspecified atom stereocenters. The van der Waals surface area contributed by atoms with E-state index in [1.165, 1.54) is 11.1 Å². The van der Waals surface area contributed by atoms with Gasteiger partial charge in [0.15, 0.2) is 5.57 Å². The van der Waals surface area contributed by atoms with Crippen molar-refractivity contribution in [1.29, 1.82) is 5.26 Å². The van der Waals surface area contributed by atoms with Gasteiger partial charge < -0.3 is 20.3 Å². The van der Waals surface area contributed by atoms with Gasteiger partial charge in [-0.25, -0.2) is 0 Å². The number of nitrogens with zero attached hydrogens (tertiary/aromatic N) is 4. The van der Waals surface area contributed by atoms with E-state index in [4.69, 9.17) is 4.74 Å². The molecule has 1 saturated heterocycles. The second-order valence-corrected chi connectivity index (χ2v) is 10.4. The number of rotatable bonds is 8. The minimum absolute atomic E-state index is 0.0380. The molecule has 2 amide bonds. The number of likely N-dealkylation sites (N-methyl/N-ethyl adjacent to an activating group) is 1. The van der Waals surface area contributed by atoms with E-state index in [0.717, 1.165) is 15.9 Å². The predicted molar refractivity (Wildman–Crippen MR) is 146 cm³/mol. The van der Waals surface area contributed by atoms with Crippen molar-refractivity contribution in [2.24, 2.45) is 0 Å². The lowest BCUT2D eigenvalue weighted by Gasteiger charge is -2.35. The average Bonchev–Trinajstić information content (AvgIpc) is 3.20. The third-order valence-electron chi connectivity index (χ3n) is 6.06. The van der Waals surface area contributed by atoms with E-state index in [0.29, 0.717) is 24.5 Å². The summed E-state index contributed by atoms with van der Waals surface area (Å²) in [7, 11) is 1.67. The van der Waals surface area contributed by atoms with Crippen molar-refractivity contribution in [1.82, 2.24) is 14.8 Å². The lowest BCUT2D eigenvalue weighted by molar-refractivity contribution is -0.135. The molecule has 10 nitrogen and oxygen atoms in total. The van der Waals surface area contributed by atoms with Crippen molar-refractivity contribution in [3.05, 3.63) is 43.8 Å². The van der Waals surface area contributed by atoms with E-state index in [1.54, 1.807) is 49.6 Å². The number of halogens is 3. The third-order valence-corrected chi connectivity index (χ3v) is 7.19. The summed E-state index contributed by atoms with van der Waals surface area (Å²) >= 11 is 0.810. The van der Waals surface area contributed by atoms with Gasteiger partial charge >= 0.3 is 6.18 Å². The summed E-state index contributed by atoms with van der Waals surface area (Å²) in [6.45, 7) is 5.61. The number of carbonyl (C=O) groups is 2. The molecule has 2 atom stereocenters. The first-order valence-electron chi connectivity index (χ1n) is 12.5. The van der Waals surface area contributed by atoms with Gasteiger partial charge in [-0.15, -0.1) is 11.3 Å². The topological polar surface area (TPSA) is 120 Å². The predicted octanol–water partition coefficient (Wildman–Crippen LogP) is 1.20. The molecule has 2 aromatic rings. The molecular weight excluding hydrogens is 549 g/mol. The largest absolute Gasteiger partial charge is 0.405 e. The first kappa shape index (κ1) is 30.9. The van der Waals surface area contributed by atoms with Gasteiger partial charge in [0.25, 0.3) is 11.5 Å². The van der Waals surface area contributed by atoms with E-state index >= 15 is 0 Å². The van der Waals surface area contributed by atoms with Crippen molar-refractivity contribution in [2.75, 3.05) is 43.4 Å². The molecule has 1 aromatic carbocycles. The minimum Gasteiger partial charge on any atom is -0.373 e. The number of alkyl halides is 3. The molecule has 3 rings (SSSR count). The molecule has 1 aromatic heterocycles. The maximum Gasteiger partial charge on any atom is 0.405 e. The number of morpholine rings is 1. The van der Waals surface area contributed by atoms with Crippen molar-refractivity contribution in [3.63, 3.8) is 0 Å². The smallest absolute Gasteiger partial charge is 0.373 e. The molecule has 40 heavy (non-hydrogen) atoms. The minimum atomic E-state index is -4.65. The number of thiazole rings is 1. The van der Waals surface area contributed by atoms with Gasteiger partial charge in [0.2, 0.25) is 5.91 Å². The molecule has 0 radical (unpaired) electrons. The van der Waals surface area contributed by atoms with E-state index < -0.39 is 29.8 Å². The number of nitrogens with one attached hydrogen (secondary N) is 2. The molecule has 2 heterocycles. The maximum absolute atomic E-state index is 12.9. The van der Waals surface area contributed by atoms with Crippen LogP contribution in [0.3, 0.4) is 0 Å². The molecule has 1 fully saturated rings. The van der Waals surface area contributed by atoms with Crippen LogP contribution in [0.5, 0.6) is 0 Å². The summed E-state index contributed by atoms with van der Waals surface area (Å²) in [5, 5.41) is 14.1. The maximum atomic E-state index is 12.9. The Morgan fingerprint density at radius 2 is 1.95 bits per heavy atom. The molecule has 1 aliphatic rings. The van der Waals surface area contributed by atoms with E-state index in [2.05, 4.69) is 10.2 Å². The molecule has 0 spiro atoms. The summed E-state index contributed by atoms with van der Waals surface area (Å²) in [4.78, 5) is 41.7. The second-order valence-electron chi connectivity index (χ2n) is 9.35. The lowest BCUT2D eigenvalue weighted by atomic mass is 10.2. The molecule has 0 saturated carbocycles. The van der Waals surface area contributed by atoms with Crippen molar-refractivity contribution in [2.45, 2.75) is 45.7 Å². The summed E-state index contributed by atoms with van der Waals surface area (Å²) in [6, 6.07) is 8.58. The Labute approximate surface area is 232 Å². The van der Waals surface area contributed by atoms with Gasteiger partial charge in [-0.1, -0.05) is 6.07 Å². The van der Waals surface area contributed by atoms with E-state index in [1.807, 2.05) is 13.8 Å². The standard InChI is InChI=1S/C26H31F3N6O4S/c1-5-35-24(38)21(40-25(35)20(10-30)23(37)32-15-26(27,28)29)11-31-18-7-6-8-19(9-18)33(4)22(36)14-34-12-16(2)39-17(3)13-34/h6-9,11,16-17,31H,5,12-15H2,1-4H3,(H,32,37). The number of carbonyl (C=O) groups excluding carboxylic acids is 2. The number of anilines is 2. The van der Waals surface area contributed by atoms with Crippen LogP contribution in [-0.4, -0.2) is 72.9 Å². The van der Waals surface area contributed by atoms with Crippen molar-refractivity contribution in [3.8, 4) is 6.07 Å². The Morgan fingerprint density at radius 1 is 1.27 bits per heavy atom. The molecule has 1 aliphatic heterocycles. The monoisotopic (exact) mass is 580 g/mol. The zero-order valence-corrected chi connectivity index (χ0v) is 23.4. The molecule has 216 valence electrons. The van der Waals surface area contributed by atoms with Gasteiger partial charge in [0, 0.05) is 44.3 Å². The molecule has 14 heteroatoms. The fourth-order valence-corrected chi connectivity index (χ4v) is 5.35. The lowest BCUT2D eigenvalue weighted by Crippen LogP contribution is -2.49. The number of ether oxygens (including phenoxy) is 1. The highest BCUT2D eigenvalue weighted by molar-refractivity contribution is 7.07. The van der Waals surface area contributed by atoms with Gasteiger partial charge in [-0.05, 0) is 39.0 Å². The van der Waals surface area contributed by atoms with Crippen LogP contribution in [0.15, 0.2) is 29.1 Å². The third kappa shape index (κ3) is 7.93. The highest BCUT2D eigenvalue weighted by atomic mass is 32.1. The van der Waals surface area contributed by atoms with Gasteiger partial charge in [0.05, 0.1) is 18.8 Å². The van der Waals surface area contributed by atoms with Crippen LogP contribution in [0.4, 0.5) is 24.5 Å². The van der Waals surface area contributed by atoms with Crippen molar-refractivity contribution < 1.29 is 27.5 Å². The number of hydrogen-bond acceptors (Lipinski definition) is 8. The van der Waals surface area contributed by atoms with Crippen LogP contribution in [0.1, 0.15) is 20.8 Å². The van der Waals surface area contributed by atoms with Crippen LogP contribution in [0.2, 0.25) is 0 Å². The molecular formula is C26H31F3N6O4S. The van der Waals surface area contributed by atoms with Crippen molar-refractivity contribution >= 4 is 46.3 Å². The van der Waals surface area contributed by atoms with Crippen LogP contribution in [-0.2, 0) is 20.9 Å². The van der Waals surface area contributed by atoms with Crippen LogP contribution >= 0.6 is 11.3 Å². The number of hydrogen-bond donors (Lipinski definition) is 2. The fourth-order valence-electron chi connectivity index (χ4n) is 4.27. The van der Waals surface area contributed by atoms with Gasteiger partial charge in [0.1, 0.15) is 21.8 Å². The summed E-state index contributed by atoms with van der Waals surface area (Å²) in [5.41, 5.74) is 0.0930. The molecule has 2 N–H and O–H groups in total.